The third-order valence-electron chi connectivity index (χ3n) is 4.82. The Balaban J connectivity index is 1.80. The molecule has 1 aromatic carbocycles. The summed E-state index contributed by atoms with van der Waals surface area (Å²) in [6, 6.07) is 6.86. The van der Waals surface area contributed by atoms with Crippen LogP contribution in [0.15, 0.2) is 18.2 Å². The van der Waals surface area contributed by atoms with Gasteiger partial charge in [-0.25, -0.2) is 0 Å². The van der Waals surface area contributed by atoms with E-state index in [9.17, 15) is 4.79 Å². The van der Waals surface area contributed by atoms with Crippen LogP contribution in [0.1, 0.15) is 44.7 Å². The summed E-state index contributed by atoms with van der Waals surface area (Å²) < 4.78 is 11.2. The van der Waals surface area contributed by atoms with E-state index >= 15 is 0 Å². The van der Waals surface area contributed by atoms with Crippen LogP contribution in [0.2, 0.25) is 0 Å². The molecule has 5 heteroatoms. The van der Waals surface area contributed by atoms with E-state index in [0.29, 0.717) is 18.5 Å². The van der Waals surface area contributed by atoms with Gasteiger partial charge in [0.15, 0.2) is 6.61 Å². The summed E-state index contributed by atoms with van der Waals surface area (Å²) in [5, 5.41) is 2.98. The molecular weight excluding hydrogens is 316 g/mol. The number of amides is 1. The van der Waals surface area contributed by atoms with Crippen molar-refractivity contribution in [3.05, 3.63) is 29.3 Å². The molecule has 5 nitrogen and oxygen atoms in total. The Labute approximate surface area is 151 Å². The number of carbonyl (C=O) groups is 1. The van der Waals surface area contributed by atoms with Crippen molar-refractivity contribution in [1.29, 1.82) is 0 Å². The fraction of sp³-hybridized carbons (Fsp3) is 0.650. The second kappa shape index (κ2) is 9.20. The largest absolute Gasteiger partial charge is 0.483 e. The van der Waals surface area contributed by atoms with Gasteiger partial charge in [-0.1, -0.05) is 26.0 Å². The summed E-state index contributed by atoms with van der Waals surface area (Å²) in [7, 11) is 0. The Hall–Kier alpha value is -1.59. The van der Waals surface area contributed by atoms with Crippen molar-refractivity contribution in [2.45, 2.75) is 52.6 Å². The molecule has 0 aliphatic carbocycles. The van der Waals surface area contributed by atoms with Crippen LogP contribution < -0.4 is 10.1 Å². The van der Waals surface area contributed by atoms with Gasteiger partial charge in [-0.05, 0) is 43.9 Å². The van der Waals surface area contributed by atoms with Gasteiger partial charge in [-0.3, -0.25) is 9.69 Å². The third-order valence-corrected chi connectivity index (χ3v) is 4.82. The molecule has 25 heavy (non-hydrogen) atoms. The van der Waals surface area contributed by atoms with Crippen molar-refractivity contribution in [1.82, 2.24) is 10.2 Å². The molecule has 1 fully saturated rings. The molecule has 140 valence electrons. The smallest absolute Gasteiger partial charge is 0.257 e. The van der Waals surface area contributed by atoms with Gasteiger partial charge in [0.1, 0.15) is 5.75 Å². The zero-order chi connectivity index (χ0) is 18.4. The number of benzene rings is 1. The molecule has 1 saturated heterocycles. The van der Waals surface area contributed by atoms with Crippen molar-refractivity contribution < 1.29 is 14.3 Å². The van der Waals surface area contributed by atoms with Crippen molar-refractivity contribution in [3.63, 3.8) is 0 Å². The number of rotatable bonds is 7. The van der Waals surface area contributed by atoms with Gasteiger partial charge < -0.3 is 14.8 Å². The predicted molar refractivity (Wildman–Crippen MR) is 100 cm³/mol. The van der Waals surface area contributed by atoms with E-state index in [1.165, 1.54) is 5.56 Å². The van der Waals surface area contributed by atoms with Crippen LogP contribution in [-0.2, 0) is 9.53 Å². The van der Waals surface area contributed by atoms with E-state index in [1.54, 1.807) is 0 Å². The number of aryl methyl sites for hydroxylation is 1. The fourth-order valence-corrected chi connectivity index (χ4v) is 3.10. The lowest BCUT2D eigenvalue weighted by molar-refractivity contribution is -0.123. The molecule has 1 aliphatic rings. The molecule has 0 saturated carbocycles. The molecule has 1 heterocycles. The Morgan fingerprint density at radius 2 is 2.16 bits per heavy atom. The number of carbonyl (C=O) groups excluding carboxylic acids is 1. The van der Waals surface area contributed by atoms with Gasteiger partial charge in [0.2, 0.25) is 0 Å². The lowest BCUT2D eigenvalue weighted by Crippen LogP contribution is -2.52. The van der Waals surface area contributed by atoms with Crippen LogP contribution in [0, 0.1) is 6.92 Å². The molecule has 2 rings (SSSR count). The van der Waals surface area contributed by atoms with E-state index in [-0.39, 0.29) is 18.6 Å². The van der Waals surface area contributed by atoms with Crippen LogP contribution in [0.4, 0.5) is 0 Å². The monoisotopic (exact) mass is 348 g/mol. The second-order valence-corrected chi connectivity index (χ2v) is 7.28. The van der Waals surface area contributed by atoms with E-state index in [4.69, 9.17) is 9.47 Å². The molecule has 0 radical (unpaired) electrons. The summed E-state index contributed by atoms with van der Waals surface area (Å²) in [6.07, 6.45) is 0. The van der Waals surface area contributed by atoms with Crippen molar-refractivity contribution >= 4 is 5.91 Å². The highest BCUT2D eigenvalue weighted by Gasteiger charge is 2.23. The molecule has 2 atom stereocenters. The minimum absolute atomic E-state index is 0.0494. The first-order chi connectivity index (χ1) is 11.9. The van der Waals surface area contributed by atoms with Crippen LogP contribution in [0.5, 0.6) is 5.75 Å². The highest BCUT2D eigenvalue weighted by atomic mass is 16.5. The average Bonchev–Trinajstić information content (AvgIpc) is 2.59. The Kier molecular flexibility index (Phi) is 7.26. The number of nitrogens with one attached hydrogen (secondary N) is 1. The average molecular weight is 348 g/mol. The van der Waals surface area contributed by atoms with Crippen molar-refractivity contribution in [2.24, 2.45) is 0 Å². The van der Waals surface area contributed by atoms with Gasteiger partial charge in [-0.2, -0.15) is 0 Å². The maximum absolute atomic E-state index is 12.1. The molecule has 2 unspecified atom stereocenters. The third kappa shape index (κ3) is 5.72. The second-order valence-electron chi connectivity index (χ2n) is 7.28. The van der Waals surface area contributed by atoms with Crippen LogP contribution in [0.25, 0.3) is 0 Å². The summed E-state index contributed by atoms with van der Waals surface area (Å²) in [5.74, 6) is 1.14. The highest BCUT2D eigenvalue weighted by Crippen LogP contribution is 2.24. The first kappa shape index (κ1) is 19.7. The molecule has 1 N–H and O–H groups in total. The minimum atomic E-state index is -0.0814. The van der Waals surface area contributed by atoms with E-state index in [1.807, 2.05) is 19.1 Å². The maximum atomic E-state index is 12.1. The van der Waals surface area contributed by atoms with Gasteiger partial charge >= 0.3 is 0 Å². The van der Waals surface area contributed by atoms with E-state index < -0.39 is 0 Å². The summed E-state index contributed by atoms with van der Waals surface area (Å²) in [5.41, 5.74) is 2.27. The number of hydrogen-bond donors (Lipinski definition) is 1. The molecule has 1 amide bonds. The first-order valence-electron chi connectivity index (χ1n) is 9.22. The van der Waals surface area contributed by atoms with Crippen molar-refractivity contribution in [2.75, 3.05) is 32.9 Å². The van der Waals surface area contributed by atoms with Gasteiger partial charge in [-0.15, -0.1) is 0 Å². The summed E-state index contributed by atoms with van der Waals surface area (Å²) >= 11 is 0. The topological polar surface area (TPSA) is 50.8 Å². The molecule has 1 aliphatic heterocycles. The highest BCUT2D eigenvalue weighted by molar-refractivity contribution is 5.77. The summed E-state index contributed by atoms with van der Waals surface area (Å²) in [6.45, 7) is 13.7. The van der Waals surface area contributed by atoms with Crippen molar-refractivity contribution in [3.8, 4) is 5.75 Å². The quantitative estimate of drug-likeness (QED) is 0.823. The Morgan fingerprint density at radius 1 is 1.40 bits per heavy atom. The number of ether oxygens (including phenoxy) is 2. The number of hydrogen-bond acceptors (Lipinski definition) is 4. The minimum Gasteiger partial charge on any atom is -0.483 e. The fourth-order valence-electron chi connectivity index (χ4n) is 3.10. The zero-order valence-corrected chi connectivity index (χ0v) is 16.2. The van der Waals surface area contributed by atoms with Crippen LogP contribution >= 0.6 is 0 Å². The number of morpholine rings is 1. The van der Waals surface area contributed by atoms with E-state index in [0.717, 1.165) is 31.1 Å². The zero-order valence-electron chi connectivity index (χ0n) is 16.2. The lowest BCUT2D eigenvalue weighted by atomic mass is 10.0. The summed E-state index contributed by atoms with van der Waals surface area (Å²) in [4.78, 5) is 14.5. The molecule has 1 aromatic rings. The maximum Gasteiger partial charge on any atom is 0.257 e. The number of nitrogens with zero attached hydrogens (tertiary/aromatic N) is 1. The Morgan fingerprint density at radius 3 is 2.84 bits per heavy atom. The van der Waals surface area contributed by atoms with Gasteiger partial charge in [0.05, 0.1) is 13.2 Å². The SMILES string of the molecule is Cc1ccc(C(C)C)cc1OCC(=O)NCC(C)N1CCOCC1C. The normalized spacial score (nSPS) is 19.7. The predicted octanol–water partition coefficient (Wildman–Crippen LogP) is 2.72. The van der Waals surface area contributed by atoms with Crippen LogP contribution in [0.3, 0.4) is 0 Å². The van der Waals surface area contributed by atoms with Gasteiger partial charge in [0, 0.05) is 25.2 Å². The molecule has 0 aromatic heterocycles. The molecule has 0 spiro atoms. The standard InChI is InChI=1S/C20H32N2O3/c1-14(2)18-7-6-15(3)19(10-18)25-13-20(23)21-11-16(4)22-8-9-24-12-17(22)5/h6-7,10,14,16-17H,8-9,11-13H2,1-5H3,(H,21,23). The van der Waals surface area contributed by atoms with Crippen LogP contribution in [-0.4, -0.2) is 55.8 Å². The Bertz CT molecular complexity index is 574. The molecular formula is C20H32N2O3. The van der Waals surface area contributed by atoms with Gasteiger partial charge in [0.25, 0.3) is 5.91 Å². The molecule has 0 bridgehead atoms. The van der Waals surface area contributed by atoms with E-state index in [2.05, 4.69) is 44.0 Å². The lowest BCUT2D eigenvalue weighted by Gasteiger charge is -2.37. The first-order valence-corrected chi connectivity index (χ1v) is 9.22.